The Kier molecular flexibility index (Phi) is 5.34. The third kappa shape index (κ3) is 4.70. The monoisotopic (exact) mass is 368 g/mol. The maximum Gasteiger partial charge on any atom is 0.250 e. The molecular weight excluding hydrogens is 352 g/mol. The Bertz CT molecular complexity index is 1020. The van der Waals surface area contributed by atoms with Crippen LogP contribution in [-0.4, -0.2) is 20.0 Å². The molecule has 1 aromatic carbocycles. The molecule has 0 unspecified atom stereocenters. The zero-order valence-electron chi connectivity index (χ0n) is 14.1. The lowest BCUT2D eigenvalue weighted by Crippen LogP contribution is -2.14. The van der Waals surface area contributed by atoms with Crippen molar-refractivity contribution in [3.63, 3.8) is 0 Å². The third-order valence-electron chi connectivity index (χ3n) is 3.67. The number of nitrogens with zero attached hydrogens (tertiary/aromatic N) is 3. The molecule has 0 radical (unpaired) electrons. The first-order valence-electron chi connectivity index (χ1n) is 7.91. The van der Waals surface area contributed by atoms with Crippen LogP contribution < -0.4 is 10.9 Å². The fourth-order valence-electron chi connectivity index (χ4n) is 2.41. The molecule has 0 bridgehead atoms. The van der Waals surface area contributed by atoms with Gasteiger partial charge in [-0.25, -0.2) is 4.98 Å². The SMILES string of the molecule is Cn1cc(/C=C/C(=O)Nc2cn(Cc3cccc(Cl)c3)cn2)ccc1=O. The number of anilines is 1. The zero-order valence-corrected chi connectivity index (χ0v) is 14.8. The lowest BCUT2D eigenvalue weighted by atomic mass is 10.2. The van der Waals surface area contributed by atoms with E-state index in [-0.39, 0.29) is 11.5 Å². The van der Waals surface area contributed by atoms with Gasteiger partial charge in [0.05, 0.1) is 6.33 Å². The summed E-state index contributed by atoms with van der Waals surface area (Å²) in [5, 5.41) is 3.38. The quantitative estimate of drug-likeness (QED) is 0.704. The van der Waals surface area contributed by atoms with Crippen LogP contribution in [0.5, 0.6) is 0 Å². The van der Waals surface area contributed by atoms with Crippen molar-refractivity contribution in [1.29, 1.82) is 0 Å². The highest BCUT2D eigenvalue weighted by atomic mass is 35.5. The van der Waals surface area contributed by atoms with Crippen molar-refractivity contribution in [3.8, 4) is 0 Å². The van der Waals surface area contributed by atoms with E-state index in [0.717, 1.165) is 11.1 Å². The minimum Gasteiger partial charge on any atom is -0.331 e. The van der Waals surface area contributed by atoms with E-state index in [1.165, 1.54) is 16.7 Å². The minimum atomic E-state index is -0.299. The number of carbonyl (C=O) groups is 1. The summed E-state index contributed by atoms with van der Waals surface area (Å²) >= 11 is 5.98. The molecule has 132 valence electrons. The van der Waals surface area contributed by atoms with Crippen LogP contribution in [0.1, 0.15) is 11.1 Å². The number of hydrogen-bond acceptors (Lipinski definition) is 3. The number of pyridine rings is 1. The molecule has 2 heterocycles. The van der Waals surface area contributed by atoms with Crippen molar-refractivity contribution in [2.45, 2.75) is 6.54 Å². The van der Waals surface area contributed by atoms with Crippen LogP contribution in [-0.2, 0) is 18.4 Å². The highest BCUT2D eigenvalue weighted by molar-refractivity contribution is 6.30. The molecule has 3 aromatic rings. The summed E-state index contributed by atoms with van der Waals surface area (Å²) in [6.45, 7) is 0.608. The number of rotatable bonds is 5. The molecule has 0 spiro atoms. The van der Waals surface area contributed by atoms with Gasteiger partial charge in [-0.15, -0.1) is 0 Å². The predicted octanol–water partition coefficient (Wildman–Crippen LogP) is 2.94. The van der Waals surface area contributed by atoms with Gasteiger partial charge in [-0.1, -0.05) is 23.7 Å². The summed E-state index contributed by atoms with van der Waals surface area (Å²) in [7, 11) is 1.66. The molecule has 0 saturated heterocycles. The van der Waals surface area contributed by atoms with Gasteiger partial charge in [0.25, 0.3) is 0 Å². The van der Waals surface area contributed by atoms with E-state index in [4.69, 9.17) is 11.6 Å². The maximum atomic E-state index is 12.0. The first kappa shape index (κ1) is 17.7. The Morgan fingerprint density at radius 1 is 1.27 bits per heavy atom. The summed E-state index contributed by atoms with van der Waals surface area (Å²) in [6, 6.07) is 10.7. The highest BCUT2D eigenvalue weighted by Gasteiger charge is 2.03. The molecule has 2 aromatic heterocycles. The molecule has 0 saturated carbocycles. The first-order valence-corrected chi connectivity index (χ1v) is 8.29. The molecule has 0 aliphatic heterocycles. The van der Waals surface area contributed by atoms with Gasteiger partial charge in [0.1, 0.15) is 0 Å². The van der Waals surface area contributed by atoms with Crippen LogP contribution in [0.3, 0.4) is 0 Å². The average molecular weight is 369 g/mol. The van der Waals surface area contributed by atoms with Crippen LogP contribution in [0.15, 0.2) is 66.0 Å². The summed E-state index contributed by atoms with van der Waals surface area (Å²) in [5.41, 5.74) is 1.70. The van der Waals surface area contributed by atoms with Gasteiger partial charge in [-0.05, 0) is 35.4 Å². The summed E-state index contributed by atoms with van der Waals surface area (Å²) in [6.07, 6.45) is 8.09. The van der Waals surface area contributed by atoms with E-state index in [2.05, 4.69) is 10.3 Å². The van der Waals surface area contributed by atoms with Crippen molar-refractivity contribution in [3.05, 3.63) is 87.7 Å². The second-order valence-electron chi connectivity index (χ2n) is 5.80. The van der Waals surface area contributed by atoms with Crippen molar-refractivity contribution < 1.29 is 4.79 Å². The number of benzene rings is 1. The molecule has 26 heavy (non-hydrogen) atoms. The topological polar surface area (TPSA) is 68.9 Å². The Hall–Kier alpha value is -3.12. The van der Waals surface area contributed by atoms with Crippen molar-refractivity contribution in [2.75, 3.05) is 5.32 Å². The normalized spacial score (nSPS) is 11.0. The maximum absolute atomic E-state index is 12.0. The summed E-state index contributed by atoms with van der Waals surface area (Å²) in [4.78, 5) is 27.5. The van der Waals surface area contributed by atoms with Crippen molar-refractivity contribution in [1.82, 2.24) is 14.1 Å². The summed E-state index contributed by atoms with van der Waals surface area (Å²) in [5.74, 6) is 0.161. The average Bonchev–Trinajstić information content (AvgIpc) is 3.03. The number of carbonyl (C=O) groups excluding carboxylic acids is 1. The van der Waals surface area contributed by atoms with E-state index >= 15 is 0 Å². The van der Waals surface area contributed by atoms with E-state index in [9.17, 15) is 9.59 Å². The first-order chi connectivity index (χ1) is 12.5. The van der Waals surface area contributed by atoms with Gasteiger partial charge in [0.2, 0.25) is 11.5 Å². The lowest BCUT2D eigenvalue weighted by Gasteiger charge is -2.02. The van der Waals surface area contributed by atoms with Crippen molar-refractivity contribution >= 4 is 29.4 Å². The van der Waals surface area contributed by atoms with Crippen LogP contribution in [0.25, 0.3) is 6.08 Å². The molecule has 6 nitrogen and oxygen atoms in total. The number of halogens is 1. The molecule has 0 aliphatic carbocycles. The van der Waals surface area contributed by atoms with Gasteiger partial charge in [-0.2, -0.15) is 0 Å². The molecule has 0 fully saturated rings. The second-order valence-corrected chi connectivity index (χ2v) is 6.23. The number of aromatic nitrogens is 3. The van der Waals surface area contributed by atoms with Gasteiger partial charge in [0, 0.05) is 43.2 Å². The van der Waals surface area contributed by atoms with Gasteiger partial charge < -0.3 is 14.5 Å². The fraction of sp³-hybridized carbons (Fsp3) is 0.105. The molecule has 3 rings (SSSR count). The number of imidazole rings is 1. The molecule has 7 heteroatoms. The second kappa shape index (κ2) is 7.84. The minimum absolute atomic E-state index is 0.100. The van der Waals surface area contributed by atoms with E-state index < -0.39 is 0 Å². The van der Waals surface area contributed by atoms with Gasteiger partial charge >= 0.3 is 0 Å². The Morgan fingerprint density at radius 3 is 2.88 bits per heavy atom. The Labute approximate surface area is 155 Å². The predicted molar refractivity (Wildman–Crippen MR) is 102 cm³/mol. The van der Waals surface area contributed by atoms with Crippen LogP contribution >= 0.6 is 11.6 Å². The number of hydrogen-bond donors (Lipinski definition) is 1. The molecule has 1 amide bonds. The van der Waals surface area contributed by atoms with E-state index in [1.54, 1.807) is 37.9 Å². The molecular formula is C19H17ClN4O2. The molecule has 0 atom stereocenters. The smallest absolute Gasteiger partial charge is 0.250 e. The lowest BCUT2D eigenvalue weighted by molar-refractivity contribution is -0.111. The highest BCUT2D eigenvalue weighted by Crippen LogP contribution is 2.13. The van der Waals surface area contributed by atoms with E-state index in [0.29, 0.717) is 17.4 Å². The van der Waals surface area contributed by atoms with Gasteiger partial charge in [-0.3, -0.25) is 9.59 Å². The van der Waals surface area contributed by atoms with E-state index in [1.807, 2.05) is 28.8 Å². The van der Waals surface area contributed by atoms with Crippen LogP contribution in [0.4, 0.5) is 5.82 Å². The fourth-order valence-corrected chi connectivity index (χ4v) is 2.62. The number of amides is 1. The molecule has 0 aliphatic rings. The standard InChI is InChI=1S/C19H17ClN4O2/c1-23-10-14(6-8-19(23)26)5-7-18(25)22-17-12-24(13-21-17)11-15-3-2-4-16(20)9-15/h2-10,12-13H,11H2,1H3,(H,22,25)/b7-5+. The number of aryl methyl sites for hydroxylation is 1. The Balaban J connectivity index is 1.61. The Morgan fingerprint density at radius 2 is 2.12 bits per heavy atom. The van der Waals surface area contributed by atoms with Gasteiger partial charge in [0.15, 0.2) is 5.82 Å². The summed E-state index contributed by atoms with van der Waals surface area (Å²) < 4.78 is 3.31. The van der Waals surface area contributed by atoms with Crippen LogP contribution in [0, 0.1) is 0 Å². The number of nitrogens with one attached hydrogen (secondary N) is 1. The van der Waals surface area contributed by atoms with Crippen molar-refractivity contribution in [2.24, 2.45) is 7.05 Å². The molecule has 1 N–H and O–H groups in total. The zero-order chi connectivity index (χ0) is 18.5. The van der Waals surface area contributed by atoms with Crippen LogP contribution in [0.2, 0.25) is 5.02 Å². The third-order valence-corrected chi connectivity index (χ3v) is 3.91. The largest absolute Gasteiger partial charge is 0.331 e.